The smallest absolute Gasteiger partial charge is 0.242 e. The Hall–Kier alpha value is -1.62. The summed E-state index contributed by atoms with van der Waals surface area (Å²) in [7, 11) is 0. The van der Waals surface area contributed by atoms with Crippen LogP contribution >= 0.6 is 0 Å². The number of aliphatic hydroxyl groups excluding tert-OH is 1. The van der Waals surface area contributed by atoms with Gasteiger partial charge in [-0.3, -0.25) is 9.78 Å². The molecule has 2 rings (SSSR count). The van der Waals surface area contributed by atoms with Crippen LogP contribution in [0.2, 0.25) is 0 Å². The molecule has 1 fully saturated rings. The van der Waals surface area contributed by atoms with E-state index in [9.17, 15) is 9.90 Å². The molecule has 2 atom stereocenters. The van der Waals surface area contributed by atoms with Crippen LogP contribution in [0.3, 0.4) is 0 Å². The zero-order chi connectivity index (χ0) is 13.1. The minimum absolute atomic E-state index is 0.0407. The van der Waals surface area contributed by atoms with E-state index in [1.165, 1.54) is 0 Å². The molecule has 1 aromatic heterocycles. The van der Waals surface area contributed by atoms with Gasteiger partial charge in [0.1, 0.15) is 6.04 Å². The standard InChI is InChI=1S/C13H19N3O2/c1-3-12(17)11-5-4-10(8-15-11)16-7-6-14-13(18)9(16)2/h4-5,8-9,12,17H,3,6-7H2,1-2H3,(H,14,18)/t9?,12-/m0/s1. The van der Waals surface area contributed by atoms with Gasteiger partial charge in [-0.15, -0.1) is 0 Å². The Kier molecular flexibility index (Phi) is 3.81. The quantitative estimate of drug-likeness (QED) is 0.833. The van der Waals surface area contributed by atoms with Crippen LogP contribution < -0.4 is 10.2 Å². The number of hydrogen-bond acceptors (Lipinski definition) is 4. The monoisotopic (exact) mass is 249 g/mol. The van der Waals surface area contributed by atoms with Crippen molar-refractivity contribution in [2.45, 2.75) is 32.4 Å². The number of nitrogens with one attached hydrogen (secondary N) is 1. The van der Waals surface area contributed by atoms with Crippen LogP contribution in [-0.4, -0.2) is 35.1 Å². The van der Waals surface area contributed by atoms with Gasteiger partial charge >= 0.3 is 0 Å². The van der Waals surface area contributed by atoms with Crippen molar-refractivity contribution in [1.29, 1.82) is 0 Å². The van der Waals surface area contributed by atoms with Crippen LogP contribution in [0.1, 0.15) is 32.1 Å². The Balaban J connectivity index is 2.16. The molecule has 0 spiro atoms. The Morgan fingerprint density at radius 3 is 3.00 bits per heavy atom. The lowest BCUT2D eigenvalue weighted by molar-refractivity contribution is -0.122. The molecule has 1 aliphatic heterocycles. The summed E-state index contributed by atoms with van der Waals surface area (Å²) in [5, 5.41) is 12.5. The molecular formula is C13H19N3O2. The van der Waals surface area contributed by atoms with E-state index in [0.717, 1.165) is 12.2 Å². The molecule has 18 heavy (non-hydrogen) atoms. The summed E-state index contributed by atoms with van der Waals surface area (Å²) in [5.74, 6) is 0.0407. The highest BCUT2D eigenvalue weighted by molar-refractivity contribution is 5.86. The molecule has 1 saturated heterocycles. The highest BCUT2D eigenvalue weighted by Crippen LogP contribution is 2.20. The SMILES string of the molecule is CC[C@H](O)c1ccc(N2CCNC(=O)C2C)cn1. The second kappa shape index (κ2) is 5.35. The highest BCUT2D eigenvalue weighted by atomic mass is 16.3. The molecule has 0 bridgehead atoms. The van der Waals surface area contributed by atoms with Crippen LogP contribution in [0, 0.1) is 0 Å². The molecule has 0 radical (unpaired) electrons. The zero-order valence-electron chi connectivity index (χ0n) is 10.8. The normalized spacial score (nSPS) is 21.6. The van der Waals surface area contributed by atoms with E-state index >= 15 is 0 Å². The number of carbonyl (C=O) groups excluding carboxylic acids is 1. The van der Waals surface area contributed by atoms with E-state index in [1.807, 2.05) is 30.9 Å². The zero-order valence-corrected chi connectivity index (χ0v) is 10.8. The van der Waals surface area contributed by atoms with Crippen molar-refractivity contribution in [3.8, 4) is 0 Å². The topological polar surface area (TPSA) is 65.5 Å². The van der Waals surface area contributed by atoms with Crippen LogP contribution in [0.25, 0.3) is 0 Å². The maximum absolute atomic E-state index is 11.6. The molecule has 1 aliphatic rings. The number of aliphatic hydroxyl groups is 1. The summed E-state index contributed by atoms with van der Waals surface area (Å²) in [5.41, 5.74) is 1.60. The van der Waals surface area contributed by atoms with Gasteiger partial charge in [0.05, 0.1) is 23.7 Å². The molecule has 0 aliphatic carbocycles. The number of piperazine rings is 1. The molecule has 0 aromatic carbocycles. The Morgan fingerprint density at radius 2 is 2.39 bits per heavy atom. The first-order chi connectivity index (χ1) is 8.63. The van der Waals surface area contributed by atoms with Crippen LogP contribution in [0.15, 0.2) is 18.3 Å². The molecule has 2 N–H and O–H groups in total. The summed E-state index contributed by atoms with van der Waals surface area (Å²) in [6, 6.07) is 3.56. The molecule has 98 valence electrons. The average Bonchev–Trinajstić information content (AvgIpc) is 2.41. The van der Waals surface area contributed by atoms with Crippen molar-refractivity contribution in [3.05, 3.63) is 24.0 Å². The molecular weight excluding hydrogens is 230 g/mol. The summed E-state index contributed by atoms with van der Waals surface area (Å²) in [6.07, 6.45) is 1.86. The maximum Gasteiger partial charge on any atom is 0.242 e. The lowest BCUT2D eigenvalue weighted by Gasteiger charge is -2.34. The molecule has 1 unspecified atom stereocenters. The second-order valence-electron chi connectivity index (χ2n) is 4.53. The van der Waals surface area contributed by atoms with Crippen molar-refractivity contribution in [1.82, 2.24) is 10.3 Å². The van der Waals surface area contributed by atoms with Crippen LogP contribution in [0.5, 0.6) is 0 Å². The fraction of sp³-hybridized carbons (Fsp3) is 0.538. The van der Waals surface area contributed by atoms with Crippen molar-refractivity contribution in [2.75, 3.05) is 18.0 Å². The van der Waals surface area contributed by atoms with E-state index < -0.39 is 6.10 Å². The van der Waals surface area contributed by atoms with Gasteiger partial charge in [0, 0.05) is 13.1 Å². The third-order valence-electron chi connectivity index (χ3n) is 3.33. The van der Waals surface area contributed by atoms with Gasteiger partial charge < -0.3 is 15.3 Å². The van der Waals surface area contributed by atoms with Gasteiger partial charge in [-0.1, -0.05) is 6.92 Å². The Bertz CT molecular complexity index is 419. The van der Waals surface area contributed by atoms with E-state index in [1.54, 1.807) is 6.20 Å². The lowest BCUT2D eigenvalue weighted by Crippen LogP contribution is -2.54. The van der Waals surface area contributed by atoms with Crippen molar-refractivity contribution in [2.24, 2.45) is 0 Å². The largest absolute Gasteiger partial charge is 0.387 e. The van der Waals surface area contributed by atoms with Crippen molar-refractivity contribution in [3.63, 3.8) is 0 Å². The van der Waals surface area contributed by atoms with E-state index in [2.05, 4.69) is 10.3 Å². The predicted molar refractivity (Wildman–Crippen MR) is 69.3 cm³/mol. The molecule has 5 heteroatoms. The van der Waals surface area contributed by atoms with E-state index in [4.69, 9.17) is 0 Å². The second-order valence-corrected chi connectivity index (χ2v) is 4.53. The number of carbonyl (C=O) groups is 1. The Morgan fingerprint density at radius 1 is 1.61 bits per heavy atom. The third kappa shape index (κ3) is 2.46. The molecule has 5 nitrogen and oxygen atoms in total. The summed E-state index contributed by atoms with van der Waals surface area (Å²) in [4.78, 5) is 17.9. The van der Waals surface area contributed by atoms with Gasteiger partial charge in [-0.2, -0.15) is 0 Å². The molecule has 1 aromatic rings. The minimum Gasteiger partial charge on any atom is -0.387 e. The predicted octanol–water partition coefficient (Wildman–Crippen LogP) is 0.850. The number of pyridine rings is 1. The van der Waals surface area contributed by atoms with Crippen molar-refractivity contribution >= 4 is 11.6 Å². The van der Waals surface area contributed by atoms with Gasteiger partial charge in [0.15, 0.2) is 0 Å². The fourth-order valence-electron chi connectivity index (χ4n) is 2.11. The van der Waals surface area contributed by atoms with Gasteiger partial charge in [-0.05, 0) is 25.5 Å². The molecule has 2 heterocycles. The first kappa shape index (κ1) is 12.8. The maximum atomic E-state index is 11.6. The third-order valence-corrected chi connectivity index (χ3v) is 3.33. The minimum atomic E-state index is -0.513. The lowest BCUT2D eigenvalue weighted by atomic mass is 10.1. The first-order valence-electron chi connectivity index (χ1n) is 6.32. The van der Waals surface area contributed by atoms with E-state index in [0.29, 0.717) is 18.7 Å². The first-order valence-corrected chi connectivity index (χ1v) is 6.32. The molecule has 1 amide bonds. The summed E-state index contributed by atoms with van der Waals surface area (Å²) >= 11 is 0. The van der Waals surface area contributed by atoms with E-state index in [-0.39, 0.29) is 11.9 Å². The van der Waals surface area contributed by atoms with Gasteiger partial charge in [0.2, 0.25) is 5.91 Å². The number of rotatable bonds is 3. The van der Waals surface area contributed by atoms with Crippen molar-refractivity contribution < 1.29 is 9.90 Å². The highest BCUT2D eigenvalue weighted by Gasteiger charge is 2.25. The fourth-order valence-corrected chi connectivity index (χ4v) is 2.11. The summed E-state index contributed by atoms with van der Waals surface area (Å²) in [6.45, 7) is 5.23. The molecule has 0 saturated carbocycles. The van der Waals surface area contributed by atoms with Crippen LogP contribution in [0.4, 0.5) is 5.69 Å². The van der Waals surface area contributed by atoms with Crippen LogP contribution in [-0.2, 0) is 4.79 Å². The number of aromatic nitrogens is 1. The number of anilines is 1. The Labute approximate surface area is 107 Å². The van der Waals surface area contributed by atoms with Gasteiger partial charge in [-0.25, -0.2) is 0 Å². The number of amides is 1. The number of nitrogens with zero attached hydrogens (tertiary/aromatic N) is 2. The number of hydrogen-bond donors (Lipinski definition) is 2. The summed E-state index contributed by atoms with van der Waals surface area (Å²) < 4.78 is 0. The average molecular weight is 249 g/mol. The van der Waals surface area contributed by atoms with Gasteiger partial charge in [0.25, 0.3) is 0 Å².